The van der Waals surface area contributed by atoms with E-state index in [4.69, 9.17) is 5.11 Å². The van der Waals surface area contributed by atoms with Crippen molar-refractivity contribution in [1.29, 1.82) is 0 Å². The Bertz CT molecular complexity index is 713. The van der Waals surface area contributed by atoms with Gasteiger partial charge in [-0.3, -0.25) is 4.79 Å². The van der Waals surface area contributed by atoms with E-state index in [1.807, 2.05) is 13.0 Å². The van der Waals surface area contributed by atoms with E-state index in [9.17, 15) is 9.59 Å². The number of carboxylic acids is 1. The smallest absolute Gasteiger partial charge is 0.335 e. The molecule has 20 heavy (non-hydrogen) atoms. The number of hydrogen-bond acceptors (Lipinski definition) is 2. The molecule has 1 aromatic heterocycles. The summed E-state index contributed by atoms with van der Waals surface area (Å²) in [6.45, 7) is 2.64. The fourth-order valence-corrected chi connectivity index (χ4v) is 2.14. The Balaban J connectivity index is 2.32. The highest BCUT2D eigenvalue weighted by atomic mass is 16.4. The van der Waals surface area contributed by atoms with Crippen molar-refractivity contribution < 1.29 is 9.90 Å². The van der Waals surface area contributed by atoms with Crippen molar-refractivity contribution >= 4 is 16.7 Å². The standard InChI is InChI=1S/C16H17NO3/c1-2-3-4-5-9-17-10-8-12-11-13(16(19)20)6-7-14(12)15(17)18/h2-3,6-8,10-11H,4-5,9H2,1H3,(H,19,20)/b3-2+. The summed E-state index contributed by atoms with van der Waals surface area (Å²) in [5.41, 5.74) is 0.127. The fraction of sp³-hybridized carbons (Fsp3) is 0.250. The van der Waals surface area contributed by atoms with Crippen LogP contribution in [0.3, 0.4) is 0 Å². The summed E-state index contributed by atoms with van der Waals surface area (Å²) in [6, 6.07) is 6.38. The Morgan fingerprint density at radius 3 is 2.85 bits per heavy atom. The Hall–Kier alpha value is -2.36. The van der Waals surface area contributed by atoms with Gasteiger partial charge in [-0.15, -0.1) is 0 Å². The second-order valence-electron chi connectivity index (χ2n) is 4.63. The molecule has 1 N–H and O–H groups in total. The maximum Gasteiger partial charge on any atom is 0.335 e. The van der Waals surface area contributed by atoms with Crippen LogP contribution in [0.25, 0.3) is 10.8 Å². The van der Waals surface area contributed by atoms with Gasteiger partial charge in [0.1, 0.15) is 0 Å². The molecule has 0 radical (unpaired) electrons. The zero-order valence-electron chi connectivity index (χ0n) is 11.4. The summed E-state index contributed by atoms with van der Waals surface area (Å²) in [7, 11) is 0. The molecular formula is C16H17NO3. The largest absolute Gasteiger partial charge is 0.478 e. The first-order valence-electron chi connectivity index (χ1n) is 6.61. The third kappa shape index (κ3) is 2.96. The van der Waals surface area contributed by atoms with E-state index in [0.717, 1.165) is 12.8 Å². The molecule has 0 spiro atoms. The van der Waals surface area contributed by atoms with Crippen LogP contribution in [0.15, 0.2) is 47.4 Å². The van der Waals surface area contributed by atoms with Gasteiger partial charge in [-0.25, -0.2) is 4.79 Å². The monoisotopic (exact) mass is 271 g/mol. The summed E-state index contributed by atoms with van der Waals surface area (Å²) in [6.07, 6.45) is 7.65. The lowest BCUT2D eigenvalue weighted by molar-refractivity contribution is 0.0697. The van der Waals surface area contributed by atoms with Crippen molar-refractivity contribution in [2.45, 2.75) is 26.3 Å². The van der Waals surface area contributed by atoms with Crippen LogP contribution in [0.1, 0.15) is 30.1 Å². The molecule has 1 aromatic carbocycles. The number of nitrogens with zero attached hydrogens (tertiary/aromatic N) is 1. The minimum absolute atomic E-state index is 0.0695. The maximum absolute atomic E-state index is 12.3. The lowest BCUT2D eigenvalue weighted by atomic mass is 10.1. The Kier molecular flexibility index (Phi) is 4.35. The molecule has 0 bridgehead atoms. The molecule has 0 saturated carbocycles. The molecule has 0 fully saturated rings. The minimum atomic E-state index is -0.984. The van der Waals surface area contributed by atoms with Crippen molar-refractivity contribution in [3.63, 3.8) is 0 Å². The number of carbonyl (C=O) groups is 1. The molecule has 104 valence electrons. The van der Waals surface area contributed by atoms with Crippen LogP contribution >= 0.6 is 0 Å². The number of unbranched alkanes of at least 4 members (excludes halogenated alkanes) is 1. The molecular weight excluding hydrogens is 254 g/mol. The second kappa shape index (κ2) is 6.19. The SMILES string of the molecule is C/C=C/CCCn1ccc2cc(C(=O)O)ccc2c1=O. The predicted molar refractivity (Wildman–Crippen MR) is 79.2 cm³/mol. The molecule has 0 amide bonds. The van der Waals surface area contributed by atoms with Gasteiger partial charge < -0.3 is 9.67 Å². The number of aromatic carboxylic acids is 1. The third-order valence-corrected chi connectivity index (χ3v) is 3.23. The summed E-state index contributed by atoms with van der Waals surface area (Å²) in [5.74, 6) is -0.984. The van der Waals surface area contributed by atoms with E-state index >= 15 is 0 Å². The number of carboxylic acid groups (broad SMARTS) is 1. The second-order valence-corrected chi connectivity index (χ2v) is 4.63. The minimum Gasteiger partial charge on any atom is -0.478 e. The number of aromatic nitrogens is 1. The molecule has 1 heterocycles. The Morgan fingerprint density at radius 1 is 1.35 bits per heavy atom. The van der Waals surface area contributed by atoms with Crippen LogP contribution in [-0.2, 0) is 6.54 Å². The number of hydrogen-bond donors (Lipinski definition) is 1. The zero-order valence-corrected chi connectivity index (χ0v) is 11.4. The van der Waals surface area contributed by atoms with Gasteiger partial charge in [0.25, 0.3) is 5.56 Å². The Morgan fingerprint density at radius 2 is 2.15 bits per heavy atom. The van der Waals surface area contributed by atoms with Gasteiger partial charge in [-0.05, 0) is 49.4 Å². The molecule has 2 rings (SSSR count). The zero-order chi connectivity index (χ0) is 14.5. The lowest BCUT2D eigenvalue weighted by Crippen LogP contribution is -2.19. The van der Waals surface area contributed by atoms with Gasteiger partial charge in [-0.2, -0.15) is 0 Å². The lowest BCUT2D eigenvalue weighted by Gasteiger charge is -2.07. The van der Waals surface area contributed by atoms with Crippen LogP contribution in [0.2, 0.25) is 0 Å². The highest BCUT2D eigenvalue weighted by molar-refractivity contribution is 5.93. The predicted octanol–water partition coefficient (Wildman–Crippen LogP) is 3.06. The molecule has 0 saturated heterocycles. The number of aryl methyl sites for hydroxylation is 1. The van der Waals surface area contributed by atoms with Gasteiger partial charge in [0, 0.05) is 18.1 Å². The van der Waals surface area contributed by atoms with E-state index in [1.165, 1.54) is 12.1 Å². The van der Waals surface area contributed by atoms with Gasteiger partial charge in [0.2, 0.25) is 0 Å². The molecule has 4 nitrogen and oxygen atoms in total. The van der Waals surface area contributed by atoms with Crippen LogP contribution in [0, 0.1) is 0 Å². The number of benzene rings is 1. The summed E-state index contributed by atoms with van der Waals surface area (Å²) in [5, 5.41) is 10.2. The van der Waals surface area contributed by atoms with Crippen molar-refractivity contribution in [2.75, 3.05) is 0 Å². The maximum atomic E-state index is 12.3. The first-order chi connectivity index (χ1) is 9.63. The molecule has 0 unspecified atom stereocenters. The Labute approximate surface area is 117 Å². The fourth-order valence-electron chi connectivity index (χ4n) is 2.14. The average Bonchev–Trinajstić information content (AvgIpc) is 2.45. The first-order valence-corrected chi connectivity index (χ1v) is 6.61. The van der Waals surface area contributed by atoms with E-state index in [2.05, 4.69) is 6.08 Å². The molecule has 0 aliphatic heterocycles. The van der Waals surface area contributed by atoms with Crippen LogP contribution < -0.4 is 5.56 Å². The van der Waals surface area contributed by atoms with Gasteiger partial charge in [0.15, 0.2) is 0 Å². The normalized spacial score (nSPS) is 11.2. The topological polar surface area (TPSA) is 59.3 Å². The van der Waals surface area contributed by atoms with Crippen LogP contribution in [-0.4, -0.2) is 15.6 Å². The van der Waals surface area contributed by atoms with Crippen molar-refractivity contribution in [2.24, 2.45) is 0 Å². The number of rotatable bonds is 5. The first kappa shape index (κ1) is 14.1. The summed E-state index contributed by atoms with van der Waals surface area (Å²) < 4.78 is 1.67. The molecule has 0 aliphatic carbocycles. The van der Waals surface area contributed by atoms with Gasteiger partial charge in [0.05, 0.1) is 5.56 Å². The third-order valence-electron chi connectivity index (χ3n) is 3.23. The molecule has 2 aromatic rings. The molecule has 0 aliphatic rings. The molecule has 4 heteroatoms. The van der Waals surface area contributed by atoms with Crippen LogP contribution in [0.5, 0.6) is 0 Å². The number of fused-ring (bicyclic) bond motifs is 1. The van der Waals surface area contributed by atoms with E-state index in [1.54, 1.807) is 22.9 Å². The average molecular weight is 271 g/mol. The van der Waals surface area contributed by atoms with E-state index in [0.29, 0.717) is 17.3 Å². The highest BCUT2D eigenvalue weighted by Crippen LogP contribution is 2.12. The highest BCUT2D eigenvalue weighted by Gasteiger charge is 2.07. The number of pyridine rings is 1. The van der Waals surface area contributed by atoms with Crippen molar-refractivity contribution in [3.8, 4) is 0 Å². The van der Waals surface area contributed by atoms with Crippen molar-refractivity contribution in [3.05, 3.63) is 58.5 Å². The summed E-state index contributed by atoms with van der Waals surface area (Å²) in [4.78, 5) is 23.2. The van der Waals surface area contributed by atoms with Gasteiger partial charge >= 0.3 is 5.97 Å². The quantitative estimate of drug-likeness (QED) is 0.671. The summed E-state index contributed by atoms with van der Waals surface area (Å²) >= 11 is 0. The molecule has 0 atom stereocenters. The van der Waals surface area contributed by atoms with E-state index in [-0.39, 0.29) is 11.1 Å². The van der Waals surface area contributed by atoms with Gasteiger partial charge in [-0.1, -0.05) is 12.2 Å². The number of allylic oxidation sites excluding steroid dienone is 2. The van der Waals surface area contributed by atoms with Crippen molar-refractivity contribution in [1.82, 2.24) is 4.57 Å². The van der Waals surface area contributed by atoms with E-state index < -0.39 is 5.97 Å². The van der Waals surface area contributed by atoms with Crippen LogP contribution in [0.4, 0.5) is 0 Å².